The molecule has 1 saturated heterocycles. The van der Waals surface area contributed by atoms with E-state index in [4.69, 9.17) is 14.2 Å². The molecule has 1 aliphatic rings. The number of methoxy groups -OCH3 is 2. The summed E-state index contributed by atoms with van der Waals surface area (Å²) in [7, 11) is 3.07. The minimum absolute atomic E-state index is 0.276. The second-order valence-corrected chi connectivity index (χ2v) is 7.73. The Morgan fingerprint density at radius 3 is 2.34 bits per heavy atom. The Balaban J connectivity index is 1.72. The van der Waals surface area contributed by atoms with Crippen LogP contribution < -0.4 is 20.1 Å². The molecule has 9 heteroatoms. The fourth-order valence-corrected chi connectivity index (χ4v) is 2.96. The van der Waals surface area contributed by atoms with Gasteiger partial charge >= 0.3 is 12.1 Å². The van der Waals surface area contributed by atoms with Crippen LogP contribution in [-0.2, 0) is 4.74 Å². The zero-order chi connectivity index (χ0) is 21.4. The number of anilines is 1. The molecule has 2 N–H and O–H groups in total. The van der Waals surface area contributed by atoms with E-state index in [1.165, 1.54) is 7.11 Å². The molecule has 29 heavy (non-hydrogen) atoms. The van der Waals surface area contributed by atoms with Gasteiger partial charge in [-0.15, -0.1) is 0 Å². The molecular formula is C20H32N4O5. The van der Waals surface area contributed by atoms with E-state index in [2.05, 4.69) is 15.5 Å². The smallest absolute Gasteiger partial charge is 0.410 e. The van der Waals surface area contributed by atoms with Crippen LogP contribution in [-0.4, -0.2) is 81.0 Å². The molecule has 1 fully saturated rings. The monoisotopic (exact) mass is 408 g/mol. The summed E-state index contributed by atoms with van der Waals surface area (Å²) in [4.78, 5) is 28.2. The number of rotatable bonds is 6. The number of carbonyl (C=O) groups is 2. The summed E-state index contributed by atoms with van der Waals surface area (Å²) < 4.78 is 15.9. The molecule has 0 saturated carbocycles. The molecule has 0 bridgehead atoms. The summed E-state index contributed by atoms with van der Waals surface area (Å²) in [6, 6.07) is 4.97. The number of amides is 3. The molecule has 0 spiro atoms. The van der Waals surface area contributed by atoms with Crippen molar-refractivity contribution in [3.8, 4) is 11.5 Å². The highest BCUT2D eigenvalue weighted by atomic mass is 16.6. The van der Waals surface area contributed by atoms with Gasteiger partial charge in [-0.3, -0.25) is 4.90 Å². The number of benzene rings is 1. The zero-order valence-corrected chi connectivity index (χ0v) is 17.9. The van der Waals surface area contributed by atoms with Gasteiger partial charge in [0.15, 0.2) is 11.5 Å². The lowest BCUT2D eigenvalue weighted by Gasteiger charge is -2.35. The summed E-state index contributed by atoms with van der Waals surface area (Å²) in [5, 5.41) is 5.61. The van der Waals surface area contributed by atoms with Gasteiger partial charge in [0.2, 0.25) is 0 Å². The van der Waals surface area contributed by atoms with Gasteiger partial charge in [0.25, 0.3) is 0 Å². The average Bonchev–Trinajstić information content (AvgIpc) is 2.67. The first-order chi connectivity index (χ1) is 13.7. The van der Waals surface area contributed by atoms with Crippen molar-refractivity contribution in [2.45, 2.75) is 26.4 Å². The number of ether oxygens (including phenoxy) is 3. The third-order valence-corrected chi connectivity index (χ3v) is 4.39. The number of para-hydroxylation sites is 1. The quantitative estimate of drug-likeness (QED) is 0.751. The lowest BCUT2D eigenvalue weighted by Crippen LogP contribution is -2.51. The SMILES string of the molecule is COc1cccc(NC(=O)NCCN2CCN(C(=O)OC(C)(C)C)CC2)c1OC. The van der Waals surface area contributed by atoms with Crippen molar-refractivity contribution in [1.29, 1.82) is 0 Å². The van der Waals surface area contributed by atoms with Gasteiger partial charge in [0.1, 0.15) is 5.60 Å². The number of urea groups is 1. The van der Waals surface area contributed by atoms with Crippen molar-refractivity contribution < 1.29 is 23.8 Å². The van der Waals surface area contributed by atoms with E-state index < -0.39 is 5.60 Å². The van der Waals surface area contributed by atoms with E-state index >= 15 is 0 Å². The molecule has 162 valence electrons. The molecule has 1 aliphatic heterocycles. The molecule has 1 aromatic carbocycles. The van der Waals surface area contributed by atoms with Crippen molar-refractivity contribution in [2.75, 3.05) is 58.8 Å². The molecule has 2 rings (SSSR count). The third kappa shape index (κ3) is 7.01. The molecule has 3 amide bonds. The van der Waals surface area contributed by atoms with E-state index in [0.717, 1.165) is 13.1 Å². The molecule has 0 aliphatic carbocycles. The summed E-state index contributed by atoms with van der Waals surface area (Å²) in [6.45, 7) is 9.48. The van der Waals surface area contributed by atoms with Crippen molar-refractivity contribution in [1.82, 2.24) is 15.1 Å². The second-order valence-electron chi connectivity index (χ2n) is 7.73. The van der Waals surface area contributed by atoms with Crippen LogP contribution in [0.5, 0.6) is 11.5 Å². The van der Waals surface area contributed by atoms with Gasteiger partial charge in [-0.25, -0.2) is 9.59 Å². The van der Waals surface area contributed by atoms with E-state index in [9.17, 15) is 9.59 Å². The first-order valence-corrected chi connectivity index (χ1v) is 9.69. The molecule has 0 radical (unpaired) electrons. The largest absolute Gasteiger partial charge is 0.493 e. The molecule has 0 unspecified atom stereocenters. The number of hydrogen-bond donors (Lipinski definition) is 2. The van der Waals surface area contributed by atoms with Crippen molar-refractivity contribution >= 4 is 17.8 Å². The van der Waals surface area contributed by atoms with Crippen LogP contribution in [0.2, 0.25) is 0 Å². The Bertz CT molecular complexity index is 697. The summed E-state index contributed by atoms with van der Waals surface area (Å²) in [5.41, 5.74) is 0.0482. The summed E-state index contributed by atoms with van der Waals surface area (Å²) in [5.74, 6) is 1.02. The van der Waals surface area contributed by atoms with E-state index in [1.54, 1.807) is 30.2 Å². The maximum Gasteiger partial charge on any atom is 0.410 e. The van der Waals surface area contributed by atoms with Gasteiger partial charge in [-0.2, -0.15) is 0 Å². The van der Waals surface area contributed by atoms with Gasteiger partial charge in [-0.1, -0.05) is 6.07 Å². The minimum Gasteiger partial charge on any atom is -0.493 e. The summed E-state index contributed by atoms with van der Waals surface area (Å²) >= 11 is 0. The zero-order valence-electron chi connectivity index (χ0n) is 17.9. The van der Waals surface area contributed by atoms with Crippen LogP contribution in [0.1, 0.15) is 20.8 Å². The maximum absolute atomic E-state index is 12.2. The average molecular weight is 408 g/mol. The van der Waals surface area contributed by atoms with Gasteiger partial charge in [-0.05, 0) is 32.9 Å². The van der Waals surface area contributed by atoms with Crippen LogP contribution in [0, 0.1) is 0 Å². The first-order valence-electron chi connectivity index (χ1n) is 9.69. The minimum atomic E-state index is -0.489. The Hall–Kier alpha value is -2.68. The first kappa shape index (κ1) is 22.6. The van der Waals surface area contributed by atoms with Gasteiger partial charge in [0, 0.05) is 39.3 Å². The van der Waals surface area contributed by atoms with Gasteiger partial charge in [0.05, 0.1) is 19.9 Å². The van der Waals surface area contributed by atoms with Crippen LogP contribution in [0.15, 0.2) is 18.2 Å². The van der Waals surface area contributed by atoms with E-state index in [-0.39, 0.29) is 12.1 Å². The number of carbonyl (C=O) groups excluding carboxylic acids is 2. The molecule has 9 nitrogen and oxygen atoms in total. The topological polar surface area (TPSA) is 92.4 Å². The lowest BCUT2D eigenvalue weighted by atomic mass is 10.2. The number of nitrogens with zero attached hydrogens (tertiary/aromatic N) is 2. The Labute approximate surface area is 172 Å². The predicted octanol–water partition coefficient (Wildman–Crippen LogP) is 2.38. The van der Waals surface area contributed by atoms with Crippen LogP contribution in [0.3, 0.4) is 0 Å². The molecular weight excluding hydrogens is 376 g/mol. The third-order valence-electron chi connectivity index (χ3n) is 4.39. The fraction of sp³-hybridized carbons (Fsp3) is 0.600. The highest BCUT2D eigenvalue weighted by Gasteiger charge is 2.25. The second kappa shape index (κ2) is 10.2. The molecule has 1 heterocycles. The lowest BCUT2D eigenvalue weighted by molar-refractivity contribution is 0.0147. The molecule has 0 atom stereocenters. The van der Waals surface area contributed by atoms with Gasteiger partial charge < -0.3 is 29.7 Å². The maximum atomic E-state index is 12.2. The van der Waals surface area contributed by atoms with Crippen LogP contribution in [0.25, 0.3) is 0 Å². The molecule has 1 aromatic rings. The number of piperazine rings is 1. The molecule has 0 aromatic heterocycles. The summed E-state index contributed by atoms with van der Waals surface area (Å²) in [6.07, 6.45) is -0.276. The van der Waals surface area contributed by atoms with Crippen LogP contribution in [0.4, 0.5) is 15.3 Å². The van der Waals surface area contributed by atoms with Crippen molar-refractivity contribution in [2.24, 2.45) is 0 Å². The Morgan fingerprint density at radius 2 is 1.76 bits per heavy atom. The normalized spacial score (nSPS) is 14.9. The van der Waals surface area contributed by atoms with Crippen molar-refractivity contribution in [3.05, 3.63) is 18.2 Å². The van der Waals surface area contributed by atoms with Crippen LogP contribution >= 0.6 is 0 Å². The Kier molecular flexibility index (Phi) is 7.95. The van der Waals surface area contributed by atoms with Crippen molar-refractivity contribution in [3.63, 3.8) is 0 Å². The highest BCUT2D eigenvalue weighted by Crippen LogP contribution is 2.34. The fourth-order valence-electron chi connectivity index (χ4n) is 2.96. The standard InChI is InChI=1S/C20H32N4O5/c1-20(2,3)29-19(26)24-13-11-23(12-14-24)10-9-21-18(25)22-15-7-6-8-16(27-4)17(15)28-5/h6-8H,9-14H2,1-5H3,(H2,21,22,25). The number of nitrogens with one attached hydrogen (secondary N) is 2. The highest BCUT2D eigenvalue weighted by molar-refractivity contribution is 5.91. The number of hydrogen-bond acceptors (Lipinski definition) is 6. The van der Waals surface area contributed by atoms with E-state index in [0.29, 0.717) is 43.4 Å². The Morgan fingerprint density at radius 1 is 1.07 bits per heavy atom. The van der Waals surface area contributed by atoms with E-state index in [1.807, 2.05) is 20.8 Å². The predicted molar refractivity (Wildman–Crippen MR) is 111 cm³/mol.